The molecule has 1 aliphatic carbocycles. The third kappa shape index (κ3) is 3.46. The number of nitrogens with one attached hydrogen (secondary N) is 1. The van der Waals surface area contributed by atoms with Crippen LogP contribution in [0.5, 0.6) is 0 Å². The molecule has 0 aliphatic heterocycles. The minimum atomic E-state index is -3.22. The Morgan fingerprint density at radius 1 is 1.33 bits per heavy atom. The van der Waals surface area contributed by atoms with Crippen molar-refractivity contribution in [3.05, 3.63) is 35.4 Å². The number of hydrogen-bond donors (Lipinski definition) is 1. The zero-order valence-corrected chi connectivity index (χ0v) is 11.8. The number of sulfonamides is 1. The van der Waals surface area contributed by atoms with Gasteiger partial charge in [-0.15, -0.1) is 11.6 Å². The zero-order valence-electron chi connectivity index (χ0n) is 10.2. The SMILES string of the molecule is O=S(=O)(CCCCl)NC1CCCc2ccccc21. The molecule has 0 fully saturated rings. The molecule has 0 saturated carbocycles. The molecule has 0 bridgehead atoms. The van der Waals surface area contributed by atoms with E-state index in [1.807, 2.05) is 18.2 Å². The van der Waals surface area contributed by atoms with E-state index in [1.54, 1.807) is 0 Å². The molecule has 100 valence electrons. The molecule has 0 amide bonds. The summed E-state index contributed by atoms with van der Waals surface area (Å²) in [4.78, 5) is 0. The van der Waals surface area contributed by atoms with Crippen LogP contribution in [0.3, 0.4) is 0 Å². The van der Waals surface area contributed by atoms with E-state index in [1.165, 1.54) is 5.56 Å². The number of alkyl halides is 1. The average molecular weight is 288 g/mol. The standard InChI is InChI=1S/C13H18ClNO2S/c14-9-4-10-18(16,17)15-13-8-3-6-11-5-1-2-7-12(11)13/h1-2,5,7,13,15H,3-4,6,8-10H2. The lowest BCUT2D eigenvalue weighted by Crippen LogP contribution is -2.32. The fourth-order valence-electron chi connectivity index (χ4n) is 2.40. The van der Waals surface area contributed by atoms with Gasteiger partial charge in [-0.3, -0.25) is 0 Å². The molecule has 0 radical (unpaired) electrons. The van der Waals surface area contributed by atoms with Gasteiger partial charge in [-0.05, 0) is 36.8 Å². The van der Waals surface area contributed by atoms with Crippen molar-refractivity contribution >= 4 is 21.6 Å². The Labute approximate surface area is 114 Å². The van der Waals surface area contributed by atoms with Gasteiger partial charge >= 0.3 is 0 Å². The largest absolute Gasteiger partial charge is 0.212 e. The van der Waals surface area contributed by atoms with Crippen molar-refractivity contribution in [1.29, 1.82) is 0 Å². The first-order valence-corrected chi connectivity index (χ1v) is 8.45. The van der Waals surface area contributed by atoms with Crippen LogP contribution in [0, 0.1) is 0 Å². The van der Waals surface area contributed by atoms with Crippen LogP contribution < -0.4 is 4.72 Å². The molecule has 1 N–H and O–H groups in total. The van der Waals surface area contributed by atoms with Crippen molar-refractivity contribution in [3.63, 3.8) is 0 Å². The maximum absolute atomic E-state index is 11.9. The third-order valence-electron chi connectivity index (χ3n) is 3.24. The van der Waals surface area contributed by atoms with Crippen LogP contribution in [0.1, 0.15) is 36.4 Å². The highest BCUT2D eigenvalue weighted by Gasteiger charge is 2.23. The molecular weight excluding hydrogens is 270 g/mol. The molecule has 2 rings (SSSR count). The Morgan fingerprint density at radius 3 is 2.89 bits per heavy atom. The number of fused-ring (bicyclic) bond motifs is 1. The van der Waals surface area contributed by atoms with Crippen LogP contribution in [-0.4, -0.2) is 20.1 Å². The van der Waals surface area contributed by atoms with Gasteiger partial charge in [0.15, 0.2) is 0 Å². The van der Waals surface area contributed by atoms with Crippen LogP contribution in [0.25, 0.3) is 0 Å². The zero-order chi connectivity index (χ0) is 13.0. The number of hydrogen-bond acceptors (Lipinski definition) is 2. The van der Waals surface area contributed by atoms with Gasteiger partial charge in [0.1, 0.15) is 0 Å². The first-order valence-electron chi connectivity index (χ1n) is 6.26. The summed E-state index contributed by atoms with van der Waals surface area (Å²) in [6.07, 6.45) is 3.43. The van der Waals surface area contributed by atoms with Crippen molar-refractivity contribution in [1.82, 2.24) is 4.72 Å². The summed E-state index contributed by atoms with van der Waals surface area (Å²) in [6, 6.07) is 7.99. The second-order valence-corrected chi connectivity index (χ2v) is 6.87. The lowest BCUT2D eigenvalue weighted by atomic mass is 9.88. The van der Waals surface area contributed by atoms with Crippen LogP contribution in [-0.2, 0) is 16.4 Å². The second-order valence-electron chi connectivity index (χ2n) is 4.62. The van der Waals surface area contributed by atoms with E-state index in [4.69, 9.17) is 11.6 Å². The highest BCUT2D eigenvalue weighted by Crippen LogP contribution is 2.29. The van der Waals surface area contributed by atoms with Gasteiger partial charge in [-0.2, -0.15) is 0 Å². The van der Waals surface area contributed by atoms with Gasteiger partial charge < -0.3 is 0 Å². The average Bonchev–Trinajstić information content (AvgIpc) is 2.37. The van der Waals surface area contributed by atoms with Crippen molar-refractivity contribution in [2.75, 3.05) is 11.6 Å². The number of benzene rings is 1. The fourth-order valence-corrected chi connectivity index (χ4v) is 4.01. The third-order valence-corrected chi connectivity index (χ3v) is 4.97. The summed E-state index contributed by atoms with van der Waals surface area (Å²) in [5.74, 6) is 0.483. The summed E-state index contributed by atoms with van der Waals surface area (Å²) in [7, 11) is -3.22. The predicted molar refractivity (Wildman–Crippen MR) is 74.4 cm³/mol. The van der Waals surface area contributed by atoms with Gasteiger partial charge in [-0.25, -0.2) is 13.1 Å². The topological polar surface area (TPSA) is 46.2 Å². The molecule has 0 spiro atoms. The van der Waals surface area contributed by atoms with Crippen LogP contribution >= 0.6 is 11.6 Å². The lowest BCUT2D eigenvalue weighted by Gasteiger charge is -2.26. The molecular formula is C13H18ClNO2S. The van der Waals surface area contributed by atoms with Crippen LogP contribution in [0.4, 0.5) is 0 Å². The normalized spacial score (nSPS) is 19.5. The lowest BCUT2D eigenvalue weighted by molar-refractivity contribution is 0.507. The smallest absolute Gasteiger partial charge is 0.212 e. The minimum Gasteiger partial charge on any atom is -0.212 e. The molecule has 1 aliphatic rings. The maximum atomic E-state index is 11.9. The molecule has 0 heterocycles. The Kier molecular flexibility index (Phi) is 4.65. The van der Waals surface area contributed by atoms with Gasteiger partial charge in [-0.1, -0.05) is 24.3 Å². The molecule has 3 nitrogen and oxygen atoms in total. The van der Waals surface area contributed by atoms with Gasteiger partial charge in [0, 0.05) is 11.9 Å². The van der Waals surface area contributed by atoms with E-state index in [-0.39, 0.29) is 11.8 Å². The fraction of sp³-hybridized carbons (Fsp3) is 0.538. The summed E-state index contributed by atoms with van der Waals surface area (Å²) in [6.45, 7) is 0. The minimum absolute atomic E-state index is 0.0738. The maximum Gasteiger partial charge on any atom is 0.212 e. The summed E-state index contributed by atoms with van der Waals surface area (Å²) in [5.41, 5.74) is 2.38. The molecule has 0 aromatic heterocycles. The van der Waals surface area contributed by atoms with E-state index in [9.17, 15) is 8.42 Å². The van der Waals surface area contributed by atoms with E-state index >= 15 is 0 Å². The Balaban J connectivity index is 2.12. The van der Waals surface area contributed by atoms with Gasteiger partial charge in [0.2, 0.25) is 10.0 Å². The van der Waals surface area contributed by atoms with Crippen LogP contribution in [0.15, 0.2) is 24.3 Å². The van der Waals surface area contributed by atoms with Gasteiger partial charge in [0.05, 0.1) is 5.75 Å². The molecule has 18 heavy (non-hydrogen) atoms. The van der Waals surface area contributed by atoms with Crippen molar-refractivity contribution in [2.24, 2.45) is 0 Å². The highest BCUT2D eigenvalue weighted by atomic mass is 35.5. The molecule has 0 saturated heterocycles. The monoisotopic (exact) mass is 287 g/mol. The first-order chi connectivity index (χ1) is 8.62. The van der Waals surface area contributed by atoms with Crippen molar-refractivity contribution in [2.45, 2.75) is 31.7 Å². The Hall–Kier alpha value is -0.580. The Morgan fingerprint density at radius 2 is 2.11 bits per heavy atom. The quantitative estimate of drug-likeness (QED) is 0.846. The van der Waals surface area contributed by atoms with Crippen molar-refractivity contribution < 1.29 is 8.42 Å². The van der Waals surface area contributed by atoms with E-state index in [0.717, 1.165) is 24.8 Å². The number of halogens is 1. The van der Waals surface area contributed by atoms with Crippen molar-refractivity contribution in [3.8, 4) is 0 Å². The molecule has 1 atom stereocenters. The molecule has 1 aromatic carbocycles. The number of aryl methyl sites for hydroxylation is 1. The number of rotatable bonds is 5. The summed E-state index contributed by atoms with van der Waals surface area (Å²) >= 11 is 5.54. The summed E-state index contributed by atoms with van der Waals surface area (Å²) in [5, 5.41) is 0. The van der Waals surface area contributed by atoms with Gasteiger partial charge in [0.25, 0.3) is 0 Å². The predicted octanol–water partition coefficient (Wildman–Crippen LogP) is 2.61. The molecule has 1 unspecified atom stereocenters. The van der Waals surface area contributed by atoms with E-state index in [0.29, 0.717) is 12.3 Å². The Bertz CT molecular complexity index is 501. The second kappa shape index (κ2) is 6.04. The van der Waals surface area contributed by atoms with Crippen LogP contribution in [0.2, 0.25) is 0 Å². The van der Waals surface area contributed by atoms with E-state index < -0.39 is 10.0 Å². The van der Waals surface area contributed by atoms with E-state index in [2.05, 4.69) is 10.8 Å². The first kappa shape index (κ1) is 13.8. The molecule has 5 heteroatoms. The molecule has 1 aromatic rings. The summed E-state index contributed by atoms with van der Waals surface area (Å²) < 4.78 is 26.6. The highest BCUT2D eigenvalue weighted by molar-refractivity contribution is 7.89.